The highest BCUT2D eigenvalue weighted by Crippen LogP contribution is 2.20. The van der Waals surface area contributed by atoms with Gasteiger partial charge in [0, 0.05) is 19.0 Å². The number of hydrogen-bond donors (Lipinski definition) is 0. The van der Waals surface area contributed by atoms with E-state index in [1.807, 2.05) is 25.1 Å². The van der Waals surface area contributed by atoms with Crippen LogP contribution >= 0.6 is 0 Å². The van der Waals surface area contributed by atoms with E-state index in [2.05, 4.69) is 70.7 Å². The normalized spacial score (nSPS) is 16.9. The molecule has 4 nitrogen and oxygen atoms in total. The summed E-state index contributed by atoms with van der Waals surface area (Å²) in [6, 6.07) is 27.1. The second-order valence-electron chi connectivity index (χ2n) is 8.13. The number of benzene rings is 3. The third kappa shape index (κ3) is 5.68. The van der Waals surface area contributed by atoms with Crippen molar-refractivity contribution in [3.63, 3.8) is 0 Å². The molecule has 158 valence electrons. The van der Waals surface area contributed by atoms with Gasteiger partial charge in [0.25, 0.3) is 0 Å². The van der Waals surface area contributed by atoms with Gasteiger partial charge < -0.3 is 9.63 Å². The summed E-state index contributed by atoms with van der Waals surface area (Å²) in [5.74, 6) is 0.195. The third-order valence-electron chi connectivity index (χ3n) is 5.77. The van der Waals surface area contributed by atoms with Crippen molar-refractivity contribution >= 4 is 12.0 Å². The Bertz CT molecular complexity index is 1010. The molecule has 0 amide bonds. The highest BCUT2D eigenvalue weighted by atomic mass is 16.6. The molecular weight excluding hydrogens is 384 g/mol. The molecule has 31 heavy (non-hydrogen) atoms. The maximum Gasteiger partial charge on any atom is 0.142 e. The first kappa shape index (κ1) is 21.0. The van der Waals surface area contributed by atoms with E-state index in [0.29, 0.717) is 6.61 Å². The Labute approximate surface area is 184 Å². The zero-order chi connectivity index (χ0) is 21.5. The molecule has 1 aliphatic rings. The van der Waals surface area contributed by atoms with Gasteiger partial charge in [0.1, 0.15) is 12.9 Å². The van der Waals surface area contributed by atoms with Crippen molar-refractivity contribution in [3.05, 3.63) is 95.6 Å². The molecule has 0 N–H and O–H groups in total. The highest BCUT2D eigenvalue weighted by molar-refractivity contribution is 5.98. The molecule has 1 heterocycles. The first-order chi connectivity index (χ1) is 15.2. The smallest absolute Gasteiger partial charge is 0.142 e. The van der Waals surface area contributed by atoms with Crippen LogP contribution < -0.4 is 0 Å². The highest BCUT2D eigenvalue weighted by Gasteiger charge is 2.21. The van der Waals surface area contributed by atoms with E-state index < -0.39 is 0 Å². The lowest BCUT2D eigenvalue weighted by Gasteiger charge is -2.15. The average molecular weight is 413 g/mol. The van der Waals surface area contributed by atoms with E-state index in [0.717, 1.165) is 49.2 Å². The average Bonchev–Trinajstić information content (AvgIpc) is 3.28. The molecule has 0 radical (unpaired) electrons. The van der Waals surface area contributed by atoms with Crippen molar-refractivity contribution < 1.29 is 9.63 Å². The van der Waals surface area contributed by atoms with Crippen LogP contribution in [0.3, 0.4) is 0 Å². The summed E-state index contributed by atoms with van der Waals surface area (Å²) in [5.41, 5.74) is 6.65. The van der Waals surface area contributed by atoms with Gasteiger partial charge in [-0.1, -0.05) is 84.0 Å². The van der Waals surface area contributed by atoms with E-state index in [-0.39, 0.29) is 5.92 Å². The minimum absolute atomic E-state index is 0.195. The van der Waals surface area contributed by atoms with Crippen LogP contribution in [-0.4, -0.2) is 30.0 Å². The molecular formula is C27H28N2O2. The fourth-order valence-electron chi connectivity index (χ4n) is 3.91. The van der Waals surface area contributed by atoms with Gasteiger partial charge in [0.15, 0.2) is 0 Å². The second-order valence-corrected chi connectivity index (χ2v) is 8.13. The lowest BCUT2D eigenvalue weighted by Crippen LogP contribution is -2.20. The Kier molecular flexibility index (Phi) is 6.90. The molecule has 4 heteroatoms. The van der Waals surface area contributed by atoms with E-state index in [9.17, 15) is 4.79 Å². The molecule has 0 spiro atoms. The van der Waals surface area contributed by atoms with Crippen molar-refractivity contribution in [2.75, 3.05) is 13.1 Å². The van der Waals surface area contributed by atoms with Gasteiger partial charge in [-0.15, -0.1) is 0 Å². The maximum atomic E-state index is 10.9. The van der Waals surface area contributed by atoms with Gasteiger partial charge in [0.05, 0.1) is 5.71 Å². The van der Waals surface area contributed by atoms with Crippen LogP contribution in [0.2, 0.25) is 0 Å². The fraction of sp³-hybridized carbons (Fsp3) is 0.259. The fourth-order valence-corrected chi connectivity index (χ4v) is 3.91. The number of nitrogens with zero attached hydrogens (tertiary/aromatic N) is 2. The number of oxime groups is 1. The summed E-state index contributed by atoms with van der Waals surface area (Å²) < 4.78 is 0. The molecule has 0 bridgehead atoms. The maximum absolute atomic E-state index is 10.9. The molecule has 4 rings (SSSR count). The van der Waals surface area contributed by atoms with E-state index >= 15 is 0 Å². The lowest BCUT2D eigenvalue weighted by molar-refractivity contribution is -0.110. The molecule has 3 aromatic carbocycles. The van der Waals surface area contributed by atoms with Crippen LogP contribution in [0.15, 0.2) is 84.0 Å². The summed E-state index contributed by atoms with van der Waals surface area (Å²) in [5, 5.41) is 4.29. The Morgan fingerprint density at radius 1 is 0.968 bits per heavy atom. The Hall–Kier alpha value is -3.24. The number of hydrogen-bond acceptors (Lipinski definition) is 4. The third-order valence-corrected chi connectivity index (χ3v) is 5.77. The molecule has 1 saturated heterocycles. The molecule has 1 atom stereocenters. The number of rotatable bonds is 8. The van der Waals surface area contributed by atoms with E-state index in [1.165, 1.54) is 16.7 Å². The first-order valence-corrected chi connectivity index (χ1v) is 10.8. The molecule has 1 aliphatic heterocycles. The van der Waals surface area contributed by atoms with Crippen LogP contribution in [0.4, 0.5) is 0 Å². The summed E-state index contributed by atoms with van der Waals surface area (Å²) >= 11 is 0. The standard InChI is InChI=1S/C27H28N2O2/c1-21(25-11-7-22(8-12-25)17-29-16-15-24(18-29)19-30)28-31-20-23-9-13-27(14-10-23)26-5-3-2-4-6-26/h2-14,19,24H,15-18,20H2,1H3/b28-21+. The molecule has 1 fully saturated rings. The summed E-state index contributed by atoms with van der Waals surface area (Å²) in [6.07, 6.45) is 2.06. The van der Waals surface area contributed by atoms with Gasteiger partial charge in [0.2, 0.25) is 0 Å². The van der Waals surface area contributed by atoms with Gasteiger partial charge >= 0.3 is 0 Å². The van der Waals surface area contributed by atoms with Crippen LogP contribution in [0.1, 0.15) is 30.0 Å². The Balaban J connectivity index is 1.29. The Morgan fingerprint density at radius 2 is 1.65 bits per heavy atom. The number of likely N-dealkylation sites (tertiary alicyclic amines) is 1. The van der Waals surface area contributed by atoms with E-state index in [1.54, 1.807) is 0 Å². The van der Waals surface area contributed by atoms with Crippen LogP contribution in [0.5, 0.6) is 0 Å². The molecule has 0 aromatic heterocycles. The van der Waals surface area contributed by atoms with Crippen molar-refractivity contribution in [2.45, 2.75) is 26.5 Å². The number of carbonyl (C=O) groups is 1. The van der Waals surface area contributed by atoms with Gasteiger partial charge in [-0.05, 0) is 47.7 Å². The predicted octanol–water partition coefficient (Wildman–Crippen LogP) is 5.32. The first-order valence-electron chi connectivity index (χ1n) is 10.8. The van der Waals surface area contributed by atoms with Gasteiger partial charge in [-0.3, -0.25) is 4.90 Å². The van der Waals surface area contributed by atoms with Crippen LogP contribution in [-0.2, 0) is 22.8 Å². The summed E-state index contributed by atoms with van der Waals surface area (Å²) in [6.45, 7) is 5.15. The van der Waals surface area contributed by atoms with Gasteiger partial charge in [-0.25, -0.2) is 0 Å². The molecule has 3 aromatic rings. The van der Waals surface area contributed by atoms with Crippen molar-refractivity contribution in [1.82, 2.24) is 4.90 Å². The topological polar surface area (TPSA) is 41.9 Å². The van der Waals surface area contributed by atoms with Crippen LogP contribution in [0.25, 0.3) is 11.1 Å². The second kappa shape index (κ2) is 10.2. The minimum Gasteiger partial charge on any atom is -0.391 e. The summed E-state index contributed by atoms with van der Waals surface area (Å²) in [7, 11) is 0. The predicted molar refractivity (Wildman–Crippen MR) is 125 cm³/mol. The molecule has 0 saturated carbocycles. The van der Waals surface area contributed by atoms with Crippen LogP contribution in [0, 0.1) is 5.92 Å². The molecule has 1 unspecified atom stereocenters. The monoisotopic (exact) mass is 412 g/mol. The van der Waals surface area contributed by atoms with E-state index in [4.69, 9.17) is 4.84 Å². The quantitative estimate of drug-likeness (QED) is 0.286. The van der Waals surface area contributed by atoms with Gasteiger partial charge in [-0.2, -0.15) is 0 Å². The zero-order valence-electron chi connectivity index (χ0n) is 17.9. The molecule has 0 aliphatic carbocycles. The van der Waals surface area contributed by atoms with Crippen molar-refractivity contribution in [3.8, 4) is 11.1 Å². The number of carbonyl (C=O) groups excluding carboxylic acids is 1. The zero-order valence-corrected chi connectivity index (χ0v) is 17.9. The number of aldehydes is 1. The minimum atomic E-state index is 0.195. The lowest BCUT2D eigenvalue weighted by atomic mass is 10.0. The van der Waals surface area contributed by atoms with Crippen molar-refractivity contribution in [2.24, 2.45) is 11.1 Å². The largest absolute Gasteiger partial charge is 0.391 e. The SMILES string of the molecule is C/C(=N\OCc1ccc(-c2ccccc2)cc1)c1ccc(CN2CCC(C=O)C2)cc1. The van der Waals surface area contributed by atoms with Crippen molar-refractivity contribution in [1.29, 1.82) is 0 Å². The summed E-state index contributed by atoms with van der Waals surface area (Å²) in [4.78, 5) is 18.8. The Morgan fingerprint density at radius 3 is 2.32 bits per heavy atom.